The van der Waals surface area contributed by atoms with E-state index < -0.39 is 5.60 Å². The maximum absolute atomic E-state index is 13.1. The largest absolute Gasteiger partial charge is 0.489 e. The number of carbonyl (C=O) groups excluding carboxylic acids is 3. The van der Waals surface area contributed by atoms with Gasteiger partial charge in [0.25, 0.3) is 0 Å². The first-order valence-corrected chi connectivity index (χ1v) is 13.0. The molecule has 7 nitrogen and oxygen atoms in total. The third kappa shape index (κ3) is 4.66. The van der Waals surface area contributed by atoms with Gasteiger partial charge in [0.15, 0.2) is 5.78 Å². The Hall–Kier alpha value is -2.57. The summed E-state index contributed by atoms with van der Waals surface area (Å²) >= 11 is 0. The fraction of sp³-hybridized carbons (Fsp3) is 0.679. The Kier molecular flexibility index (Phi) is 6.09. The van der Waals surface area contributed by atoms with Crippen molar-refractivity contribution in [3.63, 3.8) is 0 Å². The number of likely N-dealkylation sites (tertiary alicyclic amines) is 1. The van der Waals surface area contributed by atoms with Crippen molar-refractivity contribution >= 4 is 17.8 Å². The van der Waals surface area contributed by atoms with Gasteiger partial charge >= 0.3 is 12.1 Å². The van der Waals surface area contributed by atoms with Crippen molar-refractivity contribution in [3.05, 3.63) is 29.3 Å². The summed E-state index contributed by atoms with van der Waals surface area (Å²) in [5.41, 5.74) is 1.16. The first-order valence-electron chi connectivity index (χ1n) is 13.0. The smallest absolute Gasteiger partial charge is 0.410 e. The number of esters is 1. The van der Waals surface area contributed by atoms with Crippen LogP contribution in [0.2, 0.25) is 0 Å². The molecule has 0 spiro atoms. The summed E-state index contributed by atoms with van der Waals surface area (Å²) in [5.74, 6) is 1.38. The van der Waals surface area contributed by atoms with Gasteiger partial charge in [-0.1, -0.05) is 13.0 Å². The van der Waals surface area contributed by atoms with Crippen LogP contribution in [0, 0.1) is 23.7 Å². The van der Waals surface area contributed by atoms with Crippen molar-refractivity contribution in [2.24, 2.45) is 23.7 Å². The van der Waals surface area contributed by atoms with Crippen LogP contribution in [-0.4, -0.2) is 54.1 Å². The number of amides is 1. The van der Waals surface area contributed by atoms with Crippen LogP contribution < -0.4 is 4.74 Å². The van der Waals surface area contributed by atoms with Crippen LogP contribution in [0.25, 0.3) is 0 Å². The van der Waals surface area contributed by atoms with Crippen LogP contribution in [0.3, 0.4) is 0 Å². The van der Waals surface area contributed by atoms with E-state index in [-0.39, 0.29) is 47.7 Å². The molecule has 7 heteroatoms. The highest BCUT2D eigenvalue weighted by molar-refractivity contribution is 6.00. The van der Waals surface area contributed by atoms with Gasteiger partial charge in [-0.25, -0.2) is 4.79 Å². The van der Waals surface area contributed by atoms with Gasteiger partial charge in [0, 0.05) is 24.9 Å². The lowest BCUT2D eigenvalue weighted by Crippen LogP contribution is -2.46. The summed E-state index contributed by atoms with van der Waals surface area (Å²) in [4.78, 5) is 39.9. The van der Waals surface area contributed by atoms with Crippen LogP contribution in [0.15, 0.2) is 18.2 Å². The van der Waals surface area contributed by atoms with Gasteiger partial charge < -0.3 is 19.1 Å². The zero-order valence-corrected chi connectivity index (χ0v) is 21.4. The van der Waals surface area contributed by atoms with Crippen molar-refractivity contribution in [1.29, 1.82) is 0 Å². The highest BCUT2D eigenvalue weighted by Gasteiger charge is 2.51. The van der Waals surface area contributed by atoms with E-state index in [1.165, 1.54) is 7.11 Å². The molecule has 0 radical (unpaired) electrons. The van der Waals surface area contributed by atoms with E-state index in [4.69, 9.17) is 14.2 Å². The van der Waals surface area contributed by atoms with Crippen LogP contribution in [0.5, 0.6) is 5.75 Å². The van der Waals surface area contributed by atoms with Crippen LogP contribution in [0.4, 0.5) is 4.79 Å². The number of ketones is 1. The molecule has 2 bridgehead atoms. The van der Waals surface area contributed by atoms with Crippen molar-refractivity contribution in [1.82, 2.24) is 4.90 Å². The monoisotopic (exact) mass is 483 g/mol. The fourth-order valence-electron chi connectivity index (χ4n) is 6.56. The first kappa shape index (κ1) is 24.1. The number of rotatable bonds is 5. The summed E-state index contributed by atoms with van der Waals surface area (Å²) in [6.07, 6.45) is 3.92. The minimum atomic E-state index is -0.512. The zero-order chi connectivity index (χ0) is 25.1. The summed E-state index contributed by atoms with van der Waals surface area (Å²) in [6.45, 7) is 8.24. The van der Waals surface area contributed by atoms with Gasteiger partial charge in [0.05, 0.1) is 18.6 Å². The molecule has 6 atom stereocenters. The fourth-order valence-corrected chi connectivity index (χ4v) is 6.56. The minimum Gasteiger partial charge on any atom is -0.489 e. The second-order valence-corrected chi connectivity index (χ2v) is 11.9. The van der Waals surface area contributed by atoms with Crippen molar-refractivity contribution in [2.75, 3.05) is 13.7 Å². The van der Waals surface area contributed by atoms with Gasteiger partial charge in [-0.05, 0) is 81.9 Å². The molecule has 0 N–H and O–H groups in total. The van der Waals surface area contributed by atoms with E-state index in [9.17, 15) is 14.4 Å². The molecule has 190 valence electrons. The predicted molar refractivity (Wildman–Crippen MR) is 129 cm³/mol. The molecule has 35 heavy (non-hydrogen) atoms. The van der Waals surface area contributed by atoms with E-state index in [0.29, 0.717) is 36.1 Å². The molecule has 5 unspecified atom stereocenters. The summed E-state index contributed by atoms with van der Waals surface area (Å²) in [5, 5.41) is 0. The molecule has 0 aromatic heterocycles. The second-order valence-electron chi connectivity index (χ2n) is 11.9. The second kappa shape index (κ2) is 8.82. The summed E-state index contributed by atoms with van der Waals surface area (Å²) < 4.78 is 17.1. The molecule has 1 amide bonds. The molecule has 1 saturated heterocycles. The minimum absolute atomic E-state index is 0.0664. The van der Waals surface area contributed by atoms with Gasteiger partial charge in [0.1, 0.15) is 17.5 Å². The Balaban J connectivity index is 1.31. The van der Waals surface area contributed by atoms with Gasteiger partial charge in [-0.2, -0.15) is 0 Å². The third-order valence-corrected chi connectivity index (χ3v) is 8.30. The van der Waals surface area contributed by atoms with Crippen molar-refractivity contribution in [3.8, 4) is 5.75 Å². The van der Waals surface area contributed by atoms with Gasteiger partial charge in [0.2, 0.25) is 0 Å². The number of hydrogen-bond acceptors (Lipinski definition) is 6. The molecule has 1 aromatic carbocycles. The lowest BCUT2D eigenvalue weighted by atomic mass is 9.81. The lowest BCUT2D eigenvalue weighted by Gasteiger charge is -2.38. The third-order valence-electron chi connectivity index (χ3n) is 8.30. The molecular formula is C28H37NO6. The number of hydrogen-bond donors (Lipinski definition) is 0. The molecule has 2 heterocycles. The highest BCUT2D eigenvalue weighted by Crippen LogP contribution is 2.50. The van der Waals surface area contributed by atoms with Crippen molar-refractivity contribution in [2.45, 2.75) is 83.5 Å². The van der Waals surface area contributed by atoms with E-state index in [0.717, 1.165) is 31.2 Å². The molecule has 2 aliphatic heterocycles. The van der Waals surface area contributed by atoms with Crippen LogP contribution in [0.1, 0.15) is 81.6 Å². The molecule has 3 fully saturated rings. The molecule has 2 aliphatic carbocycles. The average molecular weight is 484 g/mol. The molecule has 1 aromatic rings. The SMILES string of the molecule is COC(=O)C(C)C(c1ccc2c(c1)OC(C1CC3C[C@@H]1CN3C(=O)OC(C)(C)C)CC2=O)C1CC1. The number of ether oxygens (including phenoxy) is 3. The average Bonchev–Trinajstić information content (AvgIpc) is 3.41. The highest BCUT2D eigenvalue weighted by atomic mass is 16.6. The Morgan fingerprint density at radius 1 is 1.17 bits per heavy atom. The first-order chi connectivity index (χ1) is 16.6. The van der Waals surface area contributed by atoms with Crippen molar-refractivity contribution < 1.29 is 28.6 Å². The van der Waals surface area contributed by atoms with Crippen LogP contribution in [-0.2, 0) is 14.3 Å². The standard InChI is InChI=1S/C28H37NO6/c1-15(26(31)33-5)25(16-6-7-16)17-8-9-20-22(30)13-24(34-23(20)11-17)21-12-19-10-18(21)14-29(19)27(32)35-28(2,3)4/h8-9,11,15-16,18-19,21,24-25H,6-7,10,12-14H2,1-5H3/t15?,18-,19?,21?,24?,25?/m1/s1. The lowest BCUT2D eigenvalue weighted by molar-refractivity contribution is -0.145. The van der Waals surface area contributed by atoms with E-state index in [1.807, 2.05) is 50.8 Å². The number of piperidine rings is 1. The van der Waals surface area contributed by atoms with Gasteiger partial charge in [-0.3, -0.25) is 9.59 Å². The van der Waals surface area contributed by atoms with E-state index in [2.05, 4.69) is 0 Å². The number of methoxy groups -OCH3 is 1. The molecule has 2 saturated carbocycles. The Bertz CT molecular complexity index is 1020. The maximum Gasteiger partial charge on any atom is 0.410 e. The number of fused-ring (bicyclic) bond motifs is 3. The normalized spacial score (nSPS) is 29.3. The number of Topliss-reactive ketones (excluding diaryl/α,β-unsaturated/α-hetero) is 1. The molecule has 4 aliphatic rings. The van der Waals surface area contributed by atoms with Crippen LogP contribution >= 0.6 is 0 Å². The van der Waals surface area contributed by atoms with E-state index in [1.54, 1.807) is 0 Å². The summed E-state index contributed by atoms with van der Waals surface area (Å²) in [7, 11) is 1.43. The van der Waals surface area contributed by atoms with E-state index >= 15 is 0 Å². The molecule has 5 rings (SSSR count). The quantitative estimate of drug-likeness (QED) is 0.550. The number of nitrogens with zero attached hydrogens (tertiary/aromatic N) is 1. The zero-order valence-electron chi connectivity index (χ0n) is 21.4. The predicted octanol–water partition coefficient (Wildman–Crippen LogP) is 4.97. The maximum atomic E-state index is 13.1. The Morgan fingerprint density at radius 2 is 1.91 bits per heavy atom. The Morgan fingerprint density at radius 3 is 2.51 bits per heavy atom. The molecular weight excluding hydrogens is 446 g/mol. The van der Waals surface area contributed by atoms with Gasteiger partial charge in [-0.15, -0.1) is 0 Å². The summed E-state index contributed by atoms with van der Waals surface area (Å²) in [6, 6.07) is 5.99. The number of carbonyl (C=O) groups is 3. The topological polar surface area (TPSA) is 82.1 Å². The number of benzene rings is 1. The Labute approximate surface area is 207 Å².